The number of benzene rings is 1. The average Bonchev–Trinajstić information content (AvgIpc) is 2.43. The molecular weight excluding hydrogens is 365 g/mol. The molecule has 0 amide bonds. The molecule has 4 nitrogen and oxygen atoms in total. The fraction of sp³-hybridized carbons (Fsp3) is 0.267. The lowest BCUT2D eigenvalue weighted by Gasteiger charge is -2.05. The van der Waals surface area contributed by atoms with Crippen LogP contribution in [0.2, 0.25) is 19.6 Å². The first kappa shape index (κ1) is 16.6. The van der Waals surface area contributed by atoms with E-state index in [1.54, 1.807) is 12.1 Å². The number of hydrogen-bond donors (Lipinski definition) is 0. The predicted octanol–water partition coefficient (Wildman–Crippen LogP) is 3.09. The van der Waals surface area contributed by atoms with E-state index in [1.165, 1.54) is 16.9 Å². The third-order valence-corrected chi connectivity index (χ3v) is 4.17. The molecule has 1 aromatic heterocycles. The molecule has 0 atom stereocenters. The molecular formula is C15H15BrFN3OSi. The highest BCUT2D eigenvalue weighted by Crippen LogP contribution is 2.21. The molecule has 1 aromatic carbocycles. The van der Waals surface area contributed by atoms with Crippen molar-refractivity contribution in [2.75, 3.05) is 0 Å². The van der Waals surface area contributed by atoms with Gasteiger partial charge in [0, 0.05) is 5.56 Å². The quantitative estimate of drug-likeness (QED) is 0.594. The minimum Gasteiger partial charge on any atom is -0.266 e. The molecule has 0 N–H and O–H groups in total. The first-order valence-corrected chi connectivity index (χ1v) is 11.0. The minimum atomic E-state index is -1.49. The van der Waals surface area contributed by atoms with E-state index in [2.05, 4.69) is 57.1 Å². The molecule has 0 bridgehead atoms. The van der Waals surface area contributed by atoms with Gasteiger partial charge in [0.1, 0.15) is 20.4 Å². The second-order valence-electron chi connectivity index (χ2n) is 5.76. The molecule has 7 heteroatoms. The molecule has 0 fully saturated rings. The van der Waals surface area contributed by atoms with Crippen LogP contribution in [0.25, 0.3) is 11.4 Å². The van der Waals surface area contributed by atoms with Crippen molar-refractivity contribution in [2.24, 2.45) is 0 Å². The summed E-state index contributed by atoms with van der Waals surface area (Å²) in [7, 11) is -1.49. The van der Waals surface area contributed by atoms with Gasteiger partial charge in [-0.05, 0) is 34.1 Å². The summed E-state index contributed by atoms with van der Waals surface area (Å²) in [5.41, 5.74) is 3.50. The van der Waals surface area contributed by atoms with Gasteiger partial charge in [0.05, 0.1) is 10.7 Å². The fourth-order valence-electron chi connectivity index (χ4n) is 1.63. The summed E-state index contributed by atoms with van der Waals surface area (Å²) in [6.45, 7) is 6.61. The summed E-state index contributed by atoms with van der Waals surface area (Å²) >= 11 is 3.12. The van der Waals surface area contributed by atoms with E-state index in [0.29, 0.717) is 15.9 Å². The van der Waals surface area contributed by atoms with Gasteiger partial charge in [-0.15, -0.1) is 10.6 Å². The van der Waals surface area contributed by atoms with Crippen LogP contribution in [0.5, 0.6) is 0 Å². The molecule has 22 heavy (non-hydrogen) atoms. The number of halogens is 2. The smallest absolute Gasteiger partial charge is 0.266 e. The van der Waals surface area contributed by atoms with Crippen molar-refractivity contribution in [3.63, 3.8) is 0 Å². The highest BCUT2D eigenvalue weighted by Gasteiger charge is 2.09. The van der Waals surface area contributed by atoms with Gasteiger partial charge in [-0.1, -0.05) is 25.6 Å². The summed E-state index contributed by atoms with van der Waals surface area (Å²) in [5.74, 6) is 2.99. The van der Waals surface area contributed by atoms with Crippen LogP contribution < -0.4 is 5.56 Å². The van der Waals surface area contributed by atoms with Crippen molar-refractivity contribution in [3.05, 3.63) is 45.0 Å². The van der Waals surface area contributed by atoms with Crippen molar-refractivity contribution in [3.8, 4) is 22.9 Å². The SMILES string of the molecule is C[Si](C)(C)C#CCn1nc(-c2ccc(F)c(Br)c2)ncc1=O. The van der Waals surface area contributed by atoms with Gasteiger partial charge in [0.15, 0.2) is 5.82 Å². The molecule has 114 valence electrons. The van der Waals surface area contributed by atoms with Crippen molar-refractivity contribution in [2.45, 2.75) is 26.2 Å². The van der Waals surface area contributed by atoms with Gasteiger partial charge in [-0.3, -0.25) is 4.79 Å². The Labute approximate surface area is 137 Å². The molecule has 2 aromatic rings. The topological polar surface area (TPSA) is 47.8 Å². The molecule has 0 aliphatic heterocycles. The third-order valence-electron chi connectivity index (χ3n) is 2.64. The summed E-state index contributed by atoms with van der Waals surface area (Å²) < 4.78 is 14.9. The Morgan fingerprint density at radius 3 is 2.73 bits per heavy atom. The zero-order valence-electron chi connectivity index (χ0n) is 12.5. The van der Waals surface area contributed by atoms with E-state index >= 15 is 0 Å². The third kappa shape index (κ3) is 4.35. The molecule has 1 heterocycles. The van der Waals surface area contributed by atoms with Gasteiger partial charge in [0.25, 0.3) is 5.56 Å². The molecule has 0 radical (unpaired) electrons. The largest absolute Gasteiger partial charge is 0.286 e. The second-order valence-corrected chi connectivity index (χ2v) is 11.4. The Kier molecular flexibility index (Phi) is 4.93. The average molecular weight is 380 g/mol. The van der Waals surface area contributed by atoms with Crippen LogP contribution in [0, 0.1) is 17.3 Å². The van der Waals surface area contributed by atoms with Crippen molar-refractivity contribution in [1.82, 2.24) is 14.8 Å². The highest BCUT2D eigenvalue weighted by molar-refractivity contribution is 9.10. The van der Waals surface area contributed by atoms with Crippen molar-refractivity contribution < 1.29 is 4.39 Å². The minimum absolute atomic E-state index is 0.223. The first-order valence-electron chi connectivity index (χ1n) is 6.66. The lowest BCUT2D eigenvalue weighted by atomic mass is 10.2. The van der Waals surface area contributed by atoms with E-state index < -0.39 is 8.07 Å². The van der Waals surface area contributed by atoms with Gasteiger partial charge in [-0.2, -0.15) is 0 Å². The lowest BCUT2D eigenvalue weighted by molar-refractivity contribution is 0.621. The molecule has 0 saturated carbocycles. The maximum absolute atomic E-state index is 13.3. The van der Waals surface area contributed by atoms with Crippen LogP contribution in [-0.4, -0.2) is 22.8 Å². The van der Waals surface area contributed by atoms with Crippen LogP contribution in [-0.2, 0) is 6.54 Å². The van der Waals surface area contributed by atoms with E-state index in [0.717, 1.165) is 0 Å². The summed E-state index contributed by atoms with van der Waals surface area (Å²) in [6, 6.07) is 4.47. The Balaban J connectivity index is 2.35. The van der Waals surface area contributed by atoms with E-state index in [4.69, 9.17) is 0 Å². The number of nitrogens with zero attached hydrogens (tertiary/aromatic N) is 3. The molecule has 0 spiro atoms. The monoisotopic (exact) mass is 379 g/mol. The van der Waals surface area contributed by atoms with Crippen LogP contribution >= 0.6 is 15.9 Å². The van der Waals surface area contributed by atoms with Crippen LogP contribution in [0.15, 0.2) is 33.7 Å². The summed E-state index contributed by atoms with van der Waals surface area (Å²) in [4.78, 5) is 15.8. The Morgan fingerprint density at radius 2 is 2.09 bits per heavy atom. The zero-order valence-corrected chi connectivity index (χ0v) is 15.1. The Morgan fingerprint density at radius 1 is 1.36 bits per heavy atom. The standard InChI is InChI=1S/C15H15BrFN3OSi/c1-22(2,3)8-4-7-20-14(21)10-18-15(19-20)11-5-6-13(17)12(16)9-11/h5-6,9-10H,7H2,1-3H3. The number of hydrogen-bond acceptors (Lipinski definition) is 3. The fourth-order valence-corrected chi connectivity index (χ4v) is 2.62. The highest BCUT2D eigenvalue weighted by atomic mass is 79.9. The molecule has 0 unspecified atom stereocenters. The van der Waals surface area contributed by atoms with Gasteiger partial charge >= 0.3 is 0 Å². The van der Waals surface area contributed by atoms with Crippen LogP contribution in [0.3, 0.4) is 0 Å². The second kappa shape index (κ2) is 6.54. The lowest BCUT2D eigenvalue weighted by Crippen LogP contribution is -2.24. The van der Waals surface area contributed by atoms with Crippen molar-refractivity contribution in [1.29, 1.82) is 0 Å². The van der Waals surface area contributed by atoms with Crippen LogP contribution in [0.4, 0.5) is 4.39 Å². The predicted molar refractivity (Wildman–Crippen MR) is 90.5 cm³/mol. The molecule has 0 aliphatic rings. The van der Waals surface area contributed by atoms with Gasteiger partial charge < -0.3 is 0 Å². The first-order chi connectivity index (χ1) is 10.3. The van der Waals surface area contributed by atoms with Gasteiger partial charge in [0.2, 0.25) is 0 Å². The molecule has 0 aliphatic carbocycles. The maximum Gasteiger partial charge on any atom is 0.286 e. The normalized spacial score (nSPS) is 11.0. The number of rotatable bonds is 2. The Hall–Kier alpha value is -1.78. The van der Waals surface area contributed by atoms with E-state index in [9.17, 15) is 9.18 Å². The van der Waals surface area contributed by atoms with Crippen LogP contribution in [0.1, 0.15) is 0 Å². The summed E-state index contributed by atoms with van der Waals surface area (Å²) in [5, 5.41) is 4.20. The van der Waals surface area contributed by atoms with Crippen molar-refractivity contribution >= 4 is 24.0 Å². The molecule has 0 saturated heterocycles. The Bertz CT molecular complexity index is 818. The maximum atomic E-state index is 13.3. The summed E-state index contributed by atoms with van der Waals surface area (Å²) in [6.07, 6.45) is 1.20. The zero-order chi connectivity index (χ0) is 16.3. The number of aromatic nitrogens is 3. The van der Waals surface area contributed by atoms with E-state index in [-0.39, 0.29) is 17.9 Å². The van der Waals surface area contributed by atoms with Gasteiger partial charge in [-0.25, -0.2) is 14.1 Å². The van der Waals surface area contributed by atoms with E-state index in [1.807, 2.05) is 0 Å². The molecule has 2 rings (SSSR count).